The van der Waals surface area contributed by atoms with Crippen LogP contribution < -0.4 is 5.73 Å². The summed E-state index contributed by atoms with van der Waals surface area (Å²) in [6, 6.07) is 4.01. The summed E-state index contributed by atoms with van der Waals surface area (Å²) in [6.45, 7) is 4.96. The summed E-state index contributed by atoms with van der Waals surface area (Å²) < 4.78 is 26.5. The van der Waals surface area contributed by atoms with E-state index >= 15 is 0 Å². The number of benzene rings is 1. The van der Waals surface area contributed by atoms with Gasteiger partial charge in [-0.25, -0.2) is 8.78 Å². The summed E-state index contributed by atoms with van der Waals surface area (Å²) in [5.74, 6) is -1.85. The van der Waals surface area contributed by atoms with E-state index in [1.54, 1.807) is 11.9 Å². The van der Waals surface area contributed by atoms with Gasteiger partial charge in [0, 0.05) is 20.0 Å². The van der Waals surface area contributed by atoms with Gasteiger partial charge in [-0.3, -0.25) is 4.79 Å². The second kappa shape index (κ2) is 8.29. The molecule has 0 saturated carbocycles. The van der Waals surface area contributed by atoms with Crippen LogP contribution in [-0.4, -0.2) is 30.9 Å². The zero-order valence-electron chi connectivity index (χ0n) is 12.7. The van der Waals surface area contributed by atoms with Gasteiger partial charge >= 0.3 is 0 Å². The van der Waals surface area contributed by atoms with Gasteiger partial charge in [0.25, 0.3) is 0 Å². The second-order valence-corrected chi connectivity index (χ2v) is 5.83. The quantitative estimate of drug-likeness (QED) is 0.876. The lowest BCUT2D eigenvalue weighted by atomic mass is 9.93. The minimum Gasteiger partial charge on any atom is -0.345 e. The number of aryl methyl sites for hydroxylation is 1. The van der Waals surface area contributed by atoms with Gasteiger partial charge in [0.2, 0.25) is 5.91 Å². The SMILES string of the molecule is CN(CC(C)(C)CN)C(=O)CCc1cccc(F)c1F.Cl. The van der Waals surface area contributed by atoms with E-state index in [9.17, 15) is 13.6 Å². The summed E-state index contributed by atoms with van der Waals surface area (Å²) in [7, 11) is 1.70. The summed E-state index contributed by atoms with van der Waals surface area (Å²) in [4.78, 5) is 13.6. The Bertz CT molecular complexity index is 481. The van der Waals surface area contributed by atoms with Crippen LogP contribution in [0.1, 0.15) is 25.8 Å². The van der Waals surface area contributed by atoms with E-state index in [4.69, 9.17) is 5.73 Å². The van der Waals surface area contributed by atoms with E-state index in [0.717, 1.165) is 6.07 Å². The molecule has 0 spiro atoms. The Morgan fingerprint density at radius 3 is 2.52 bits per heavy atom. The molecule has 0 saturated heterocycles. The number of hydrogen-bond acceptors (Lipinski definition) is 2. The average molecular weight is 321 g/mol. The Hall–Kier alpha value is -1.20. The Morgan fingerprint density at radius 2 is 1.95 bits per heavy atom. The topological polar surface area (TPSA) is 46.3 Å². The predicted molar refractivity (Wildman–Crippen MR) is 82.4 cm³/mol. The number of halogens is 3. The van der Waals surface area contributed by atoms with Crippen LogP contribution in [0, 0.1) is 17.0 Å². The molecule has 1 rings (SSSR count). The first-order chi connectivity index (χ1) is 9.26. The maximum atomic E-state index is 13.5. The fourth-order valence-corrected chi connectivity index (χ4v) is 1.97. The van der Waals surface area contributed by atoms with Crippen molar-refractivity contribution in [3.05, 3.63) is 35.4 Å². The number of amides is 1. The van der Waals surface area contributed by atoms with E-state index in [0.29, 0.717) is 13.1 Å². The van der Waals surface area contributed by atoms with Crippen LogP contribution in [0.4, 0.5) is 8.78 Å². The highest BCUT2D eigenvalue weighted by atomic mass is 35.5. The van der Waals surface area contributed by atoms with Crippen LogP contribution in [0.2, 0.25) is 0 Å². The standard InChI is InChI=1S/C15H22F2N2O.ClH/c1-15(2,9-18)10-19(3)13(20)8-7-11-5-4-6-12(16)14(11)17;/h4-6H,7-10,18H2,1-3H3;1H. The van der Waals surface area contributed by atoms with Crippen LogP contribution in [0.15, 0.2) is 18.2 Å². The van der Waals surface area contributed by atoms with Gasteiger partial charge in [-0.05, 0) is 30.0 Å². The Morgan fingerprint density at radius 1 is 1.33 bits per heavy atom. The van der Waals surface area contributed by atoms with Crippen molar-refractivity contribution >= 4 is 18.3 Å². The van der Waals surface area contributed by atoms with Crippen LogP contribution >= 0.6 is 12.4 Å². The largest absolute Gasteiger partial charge is 0.345 e. The molecule has 0 unspecified atom stereocenters. The first-order valence-electron chi connectivity index (χ1n) is 6.64. The van der Waals surface area contributed by atoms with Crippen molar-refractivity contribution in [3.63, 3.8) is 0 Å². The molecule has 3 nitrogen and oxygen atoms in total. The molecule has 0 aromatic heterocycles. The lowest BCUT2D eigenvalue weighted by Gasteiger charge is -2.29. The van der Waals surface area contributed by atoms with Gasteiger partial charge in [-0.15, -0.1) is 12.4 Å². The molecule has 6 heteroatoms. The molecule has 0 bridgehead atoms. The smallest absolute Gasteiger partial charge is 0.222 e. The summed E-state index contributed by atoms with van der Waals surface area (Å²) in [5, 5.41) is 0. The third kappa shape index (κ3) is 5.98. The Kier molecular flexibility index (Phi) is 7.82. The molecule has 0 radical (unpaired) electrons. The molecule has 2 N–H and O–H groups in total. The number of carbonyl (C=O) groups is 1. The minimum absolute atomic E-state index is 0. The highest BCUT2D eigenvalue weighted by molar-refractivity contribution is 5.85. The third-order valence-corrected chi connectivity index (χ3v) is 3.28. The monoisotopic (exact) mass is 320 g/mol. The van der Waals surface area contributed by atoms with Crippen molar-refractivity contribution in [1.29, 1.82) is 0 Å². The zero-order chi connectivity index (χ0) is 15.3. The summed E-state index contributed by atoms with van der Waals surface area (Å²) in [6.07, 6.45) is 0.341. The van der Waals surface area contributed by atoms with E-state index in [-0.39, 0.29) is 42.1 Å². The molecular formula is C15H23ClF2N2O. The number of nitrogens with two attached hydrogens (primary N) is 1. The third-order valence-electron chi connectivity index (χ3n) is 3.28. The van der Waals surface area contributed by atoms with Crippen molar-refractivity contribution in [1.82, 2.24) is 4.90 Å². The molecule has 0 aliphatic carbocycles. The van der Waals surface area contributed by atoms with Crippen molar-refractivity contribution in [3.8, 4) is 0 Å². The first-order valence-corrected chi connectivity index (χ1v) is 6.64. The molecule has 0 atom stereocenters. The molecule has 0 aliphatic heterocycles. The lowest BCUT2D eigenvalue weighted by Crippen LogP contribution is -2.39. The molecular weight excluding hydrogens is 298 g/mol. The first kappa shape index (κ1) is 19.8. The van der Waals surface area contributed by atoms with Crippen LogP contribution in [0.3, 0.4) is 0 Å². The van der Waals surface area contributed by atoms with Crippen LogP contribution in [-0.2, 0) is 11.2 Å². The second-order valence-electron chi connectivity index (χ2n) is 5.83. The maximum Gasteiger partial charge on any atom is 0.222 e. The molecule has 1 amide bonds. The van der Waals surface area contributed by atoms with E-state index in [1.165, 1.54) is 12.1 Å². The van der Waals surface area contributed by atoms with Crippen molar-refractivity contribution < 1.29 is 13.6 Å². The summed E-state index contributed by atoms with van der Waals surface area (Å²) in [5.41, 5.74) is 5.70. The van der Waals surface area contributed by atoms with E-state index < -0.39 is 11.6 Å². The maximum absolute atomic E-state index is 13.5. The zero-order valence-corrected chi connectivity index (χ0v) is 13.5. The molecule has 21 heavy (non-hydrogen) atoms. The fraction of sp³-hybridized carbons (Fsp3) is 0.533. The van der Waals surface area contributed by atoms with E-state index in [2.05, 4.69) is 0 Å². The molecule has 0 heterocycles. The van der Waals surface area contributed by atoms with Gasteiger partial charge < -0.3 is 10.6 Å². The van der Waals surface area contributed by atoms with Gasteiger partial charge in [0.1, 0.15) is 0 Å². The fourth-order valence-electron chi connectivity index (χ4n) is 1.97. The van der Waals surface area contributed by atoms with Crippen molar-refractivity contribution in [2.75, 3.05) is 20.1 Å². The highest BCUT2D eigenvalue weighted by Gasteiger charge is 2.21. The number of carbonyl (C=O) groups excluding carboxylic acids is 1. The highest BCUT2D eigenvalue weighted by Crippen LogP contribution is 2.16. The minimum atomic E-state index is -0.882. The van der Waals surface area contributed by atoms with Gasteiger partial charge in [0.05, 0.1) is 0 Å². The van der Waals surface area contributed by atoms with Gasteiger partial charge in [-0.1, -0.05) is 26.0 Å². The van der Waals surface area contributed by atoms with Gasteiger partial charge in [-0.2, -0.15) is 0 Å². The number of hydrogen-bond donors (Lipinski definition) is 1. The average Bonchev–Trinajstić information content (AvgIpc) is 2.39. The normalized spacial score (nSPS) is 11.0. The number of rotatable bonds is 6. The molecule has 1 aromatic carbocycles. The van der Waals surface area contributed by atoms with Crippen molar-refractivity contribution in [2.45, 2.75) is 26.7 Å². The molecule has 1 aromatic rings. The Balaban J connectivity index is 0.00000400. The number of nitrogens with zero attached hydrogens (tertiary/aromatic N) is 1. The molecule has 0 aliphatic rings. The van der Waals surface area contributed by atoms with E-state index in [1.807, 2.05) is 13.8 Å². The molecule has 0 fully saturated rings. The van der Waals surface area contributed by atoms with Crippen LogP contribution in [0.5, 0.6) is 0 Å². The van der Waals surface area contributed by atoms with Gasteiger partial charge in [0.15, 0.2) is 11.6 Å². The van der Waals surface area contributed by atoms with Crippen LogP contribution in [0.25, 0.3) is 0 Å². The lowest BCUT2D eigenvalue weighted by molar-refractivity contribution is -0.131. The van der Waals surface area contributed by atoms with Crippen molar-refractivity contribution in [2.24, 2.45) is 11.1 Å². The molecule has 120 valence electrons. The summed E-state index contributed by atoms with van der Waals surface area (Å²) >= 11 is 0. The Labute approximate surface area is 130 Å². The predicted octanol–water partition coefficient (Wildman–Crippen LogP) is 2.76.